The van der Waals surface area contributed by atoms with Crippen molar-refractivity contribution >= 4 is 0 Å². The first-order valence-electron chi connectivity index (χ1n) is 4.91. The monoisotopic (exact) mass is 206 g/mol. The Balaban J connectivity index is 2.46. The molecular weight excluding hydrogens is 192 g/mol. The minimum Gasteiger partial charge on any atom is -0.461 e. The lowest BCUT2D eigenvalue weighted by atomic mass is 10.3. The molecule has 0 radical (unpaired) electrons. The second-order valence-corrected chi connectivity index (χ2v) is 3.48. The van der Waals surface area contributed by atoms with Crippen LogP contribution in [0.25, 0.3) is 11.6 Å². The van der Waals surface area contributed by atoms with Crippen molar-refractivity contribution in [2.24, 2.45) is 7.05 Å². The van der Waals surface area contributed by atoms with Crippen molar-refractivity contribution in [2.45, 2.75) is 13.3 Å². The Morgan fingerprint density at radius 3 is 2.93 bits per heavy atom. The van der Waals surface area contributed by atoms with Gasteiger partial charge in [-0.25, -0.2) is 4.98 Å². The summed E-state index contributed by atoms with van der Waals surface area (Å²) in [5.74, 6) is 1.56. The third-order valence-electron chi connectivity index (χ3n) is 2.50. The van der Waals surface area contributed by atoms with Crippen LogP contribution in [0.4, 0.5) is 0 Å². The quantitative estimate of drug-likeness (QED) is 0.828. The Morgan fingerprint density at radius 1 is 1.53 bits per heavy atom. The molecule has 0 amide bonds. The summed E-state index contributed by atoms with van der Waals surface area (Å²) < 4.78 is 7.26. The zero-order valence-corrected chi connectivity index (χ0v) is 8.90. The van der Waals surface area contributed by atoms with Gasteiger partial charge in [0.1, 0.15) is 0 Å². The maximum absolute atomic E-state index is 8.94. The minimum atomic E-state index is 0.137. The van der Waals surface area contributed by atoms with Crippen LogP contribution in [0.15, 0.2) is 22.8 Å². The molecule has 0 atom stereocenters. The van der Waals surface area contributed by atoms with Gasteiger partial charge in [0.2, 0.25) is 0 Å². The molecule has 0 bridgehead atoms. The predicted octanol–water partition coefficient (Wildman–Crippen LogP) is 1.52. The van der Waals surface area contributed by atoms with Gasteiger partial charge in [0.15, 0.2) is 11.6 Å². The molecule has 80 valence electrons. The van der Waals surface area contributed by atoms with Crippen LogP contribution in [0.5, 0.6) is 0 Å². The van der Waals surface area contributed by atoms with Crippen molar-refractivity contribution in [3.8, 4) is 11.6 Å². The van der Waals surface area contributed by atoms with Gasteiger partial charge in [0.05, 0.1) is 12.0 Å². The van der Waals surface area contributed by atoms with E-state index >= 15 is 0 Å². The third-order valence-corrected chi connectivity index (χ3v) is 2.50. The first-order valence-corrected chi connectivity index (χ1v) is 4.91. The maximum atomic E-state index is 8.94. The molecular formula is C11H14N2O2. The van der Waals surface area contributed by atoms with Crippen molar-refractivity contribution in [3.05, 3.63) is 29.8 Å². The number of furan rings is 1. The molecule has 0 spiro atoms. The summed E-state index contributed by atoms with van der Waals surface area (Å²) in [6, 6.07) is 3.72. The summed E-state index contributed by atoms with van der Waals surface area (Å²) in [5, 5.41) is 8.94. The molecule has 0 unspecified atom stereocenters. The zero-order chi connectivity index (χ0) is 10.8. The smallest absolute Gasteiger partial charge is 0.176 e. The van der Waals surface area contributed by atoms with Crippen LogP contribution in [0, 0.1) is 6.92 Å². The molecule has 0 aliphatic carbocycles. The Labute approximate surface area is 88.2 Å². The van der Waals surface area contributed by atoms with Gasteiger partial charge in [-0.2, -0.15) is 0 Å². The summed E-state index contributed by atoms with van der Waals surface area (Å²) in [7, 11) is 1.93. The summed E-state index contributed by atoms with van der Waals surface area (Å²) in [5.41, 5.74) is 1.99. The second-order valence-electron chi connectivity index (χ2n) is 3.48. The van der Waals surface area contributed by atoms with E-state index in [1.165, 1.54) is 0 Å². The molecule has 0 aromatic carbocycles. The lowest BCUT2D eigenvalue weighted by molar-refractivity contribution is 0.296. The SMILES string of the molecule is Cc1nc(-c2ccco2)n(C)c1CCO. The van der Waals surface area contributed by atoms with Crippen LogP contribution >= 0.6 is 0 Å². The Bertz CT molecular complexity index is 443. The number of imidazole rings is 1. The third kappa shape index (κ3) is 1.68. The largest absolute Gasteiger partial charge is 0.461 e. The zero-order valence-electron chi connectivity index (χ0n) is 8.90. The lowest BCUT2D eigenvalue weighted by Gasteiger charge is -2.02. The maximum Gasteiger partial charge on any atom is 0.176 e. The number of aryl methyl sites for hydroxylation is 1. The molecule has 1 N–H and O–H groups in total. The van der Waals surface area contributed by atoms with Crippen LogP contribution in [0.1, 0.15) is 11.4 Å². The predicted molar refractivity (Wildman–Crippen MR) is 56.4 cm³/mol. The fourth-order valence-corrected chi connectivity index (χ4v) is 1.75. The summed E-state index contributed by atoms with van der Waals surface area (Å²) in [4.78, 5) is 4.43. The fraction of sp³-hybridized carbons (Fsp3) is 0.364. The average molecular weight is 206 g/mol. The first-order chi connectivity index (χ1) is 7.24. The molecule has 0 fully saturated rings. The number of hydrogen-bond acceptors (Lipinski definition) is 3. The number of nitrogens with zero attached hydrogens (tertiary/aromatic N) is 2. The van der Waals surface area contributed by atoms with E-state index in [-0.39, 0.29) is 6.61 Å². The van der Waals surface area contributed by atoms with Crippen LogP contribution < -0.4 is 0 Å². The van der Waals surface area contributed by atoms with Gasteiger partial charge >= 0.3 is 0 Å². The Hall–Kier alpha value is -1.55. The van der Waals surface area contributed by atoms with E-state index < -0.39 is 0 Å². The highest BCUT2D eigenvalue weighted by atomic mass is 16.3. The van der Waals surface area contributed by atoms with Crippen molar-refractivity contribution < 1.29 is 9.52 Å². The van der Waals surface area contributed by atoms with E-state index in [0.29, 0.717) is 6.42 Å². The Morgan fingerprint density at radius 2 is 2.33 bits per heavy atom. The van der Waals surface area contributed by atoms with E-state index in [1.54, 1.807) is 6.26 Å². The molecule has 2 aromatic heterocycles. The molecule has 0 aliphatic heterocycles. The van der Waals surface area contributed by atoms with Crippen molar-refractivity contribution in [1.29, 1.82) is 0 Å². The average Bonchev–Trinajstić information content (AvgIpc) is 2.81. The minimum absolute atomic E-state index is 0.137. The molecule has 0 aliphatic rings. The standard InChI is InChI=1S/C11H14N2O2/c1-8-9(5-6-14)13(2)11(12-8)10-4-3-7-15-10/h3-4,7,14H,5-6H2,1-2H3. The number of rotatable bonds is 3. The fourth-order valence-electron chi connectivity index (χ4n) is 1.75. The molecule has 0 saturated heterocycles. The van der Waals surface area contributed by atoms with E-state index in [2.05, 4.69) is 4.98 Å². The highest BCUT2D eigenvalue weighted by molar-refractivity contribution is 5.49. The van der Waals surface area contributed by atoms with Gasteiger partial charge in [-0.1, -0.05) is 0 Å². The van der Waals surface area contributed by atoms with Gasteiger partial charge in [-0.05, 0) is 19.1 Å². The van der Waals surface area contributed by atoms with Gasteiger partial charge in [0.25, 0.3) is 0 Å². The highest BCUT2D eigenvalue weighted by Crippen LogP contribution is 2.21. The van der Waals surface area contributed by atoms with Gasteiger partial charge in [-0.3, -0.25) is 0 Å². The summed E-state index contributed by atoms with van der Waals surface area (Å²) in [6.45, 7) is 2.08. The van der Waals surface area contributed by atoms with Gasteiger partial charge < -0.3 is 14.1 Å². The first kappa shape index (κ1) is 9.98. The Kier molecular flexibility index (Phi) is 2.60. The summed E-state index contributed by atoms with van der Waals surface area (Å²) in [6.07, 6.45) is 2.25. The van der Waals surface area contributed by atoms with Gasteiger partial charge in [0, 0.05) is 25.8 Å². The van der Waals surface area contributed by atoms with Gasteiger partial charge in [-0.15, -0.1) is 0 Å². The molecule has 4 nitrogen and oxygen atoms in total. The van der Waals surface area contributed by atoms with Crippen LogP contribution in [-0.4, -0.2) is 21.3 Å². The van der Waals surface area contributed by atoms with Crippen LogP contribution in [-0.2, 0) is 13.5 Å². The topological polar surface area (TPSA) is 51.2 Å². The van der Waals surface area contributed by atoms with E-state index in [1.807, 2.05) is 30.7 Å². The molecule has 2 rings (SSSR count). The molecule has 15 heavy (non-hydrogen) atoms. The molecule has 2 aromatic rings. The van der Waals surface area contributed by atoms with Crippen molar-refractivity contribution in [2.75, 3.05) is 6.61 Å². The van der Waals surface area contributed by atoms with Crippen molar-refractivity contribution in [1.82, 2.24) is 9.55 Å². The molecule has 0 saturated carbocycles. The highest BCUT2D eigenvalue weighted by Gasteiger charge is 2.13. The lowest BCUT2D eigenvalue weighted by Crippen LogP contribution is -2.01. The van der Waals surface area contributed by atoms with Crippen LogP contribution in [0.2, 0.25) is 0 Å². The second kappa shape index (κ2) is 3.90. The van der Waals surface area contributed by atoms with Crippen molar-refractivity contribution in [3.63, 3.8) is 0 Å². The van der Waals surface area contributed by atoms with E-state index in [0.717, 1.165) is 23.0 Å². The van der Waals surface area contributed by atoms with E-state index in [4.69, 9.17) is 9.52 Å². The summed E-state index contributed by atoms with van der Waals surface area (Å²) >= 11 is 0. The number of aromatic nitrogens is 2. The normalized spacial score (nSPS) is 10.9. The molecule has 4 heteroatoms. The van der Waals surface area contributed by atoms with Crippen LogP contribution in [0.3, 0.4) is 0 Å². The molecule has 2 heterocycles. The number of hydrogen-bond donors (Lipinski definition) is 1. The number of aliphatic hydroxyl groups is 1. The number of aliphatic hydroxyl groups excluding tert-OH is 1. The van der Waals surface area contributed by atoms with E-state index in [9.17, 15) is 0 Å².